The van der Waals surface area contributed by atoms with E-state index >= 15 is 0 Å². The van der Waals surface area contributed by atoms with E-state index in [1.165, 1.54) is 38.5 Å². The van der Waals surface area contributed by atoms with Crippen molar-refractivity contribution in [3.8, 4) is 0 Å². The average Bonchev–Trinajstić information content (AvgIpc) is 2.48. The maximum Gasteiger partial charge on any atom is 0.0164 e. The second-order valence-electron chi connectivity index (χ2n) is 7.75. The lowest BCUT2D eigenvalue weighted by Crippen LogP contribution is -2.45. The fourth-order valence-electron chi connectivity index (χ4n) is 2.56. The van der Waals surface area contributed by atoms with Crippen LogP contribution in [0.1, 0.15) is 73.1 Å². The minimum atomic E-state index is 0.224. The molecule has 0 saturated carbocycles. The summed E-state index contributed by atoms with van der Waals surface area (Å²) in [4.78, 5) is 0. The fourth-order valence-corrected chi connectivity index (χ4v) is 2.56. The van der Waals surface area contributed by atoms with Crippen molar-refractivity contribution in [1.82, 2.24) is 16.0 Å². The second kappa shape index (κ2) is 15.4. The van der Waals surface area contributed by atoms with E-state index in [-0.39, 0.29) is 6.04 Å². The molecular weight excluding hydrogens is 284 g/mol. The largest absolute Gasteiger partial charge is 0.327 e. The van der Waals surface area contributed by atoms with Gasteiger partial charge in [0.2, 0.25) is 0 Å². The molecule has 0 spiro atoms. The van der Waals surface area contributed by atoms with Crippen LogP contribution >= 0.6 is 0 Å². The molecule has 0 amide bonds. The topological polar surface area (TPSA) is 62.1 Å². The molecule has 0 aliphatic carbocycles. The summed E-state index contributed by atoms with van der Waals surface area (Å²) in [5.74, 6) is 0.863. The first kappa shape index (κ1) is 22.8. The highest BCUT2D eigenvalue weighted by atomic mass is 15.0. The van der Waals surface area contributed by atoms with E-state index < -0.39 is 0 Å². The highest BCUT2D eigenvalue weighted by Gasteiger charge is 2.05. The summed E-state index contributed by atoms with van der Waals surface area (Å²) in [7, 11) is 0. The molecule has 140 valence electrons. The van der Waals surface area contributed by atoms with Gasteiger partial charge in [-0.1, -0.05) is 46.0 Å². The minimum Gasteiger partial charge on any atom is -0.327 e. The van der Waals surface area contributed by atoms with E-state index in [9.17, 15) is 0 Å². The van der Waals surface area contributed by atoms with Crippen molar-refractivity contribution in [1.29, 1.82) is 0 Å². The molecule has 3 atom stereocenters. The van der Waals surface area contributed by atoms with Gasteiger partial charge in [0.05, 0.1) is 0 Å². The summed E-state index contributed by atoms with van der Waals surface area (Å²) in [6.45, 7) is 15.2. The maximum atomic E-state index is 5.75. The highest BCUT2D eigenvalue weighted by molar-refractivity contribution is 4.71. The Balaban J connectivity index is 3.31. The minimum absolute atomic E-state index is 0.224. The van der Waals surface area contributed by atoms with Crippen LogP contribution < -0.4 is 21.7 Å². The van der Waals surface area contributed by atoms with Gasteiger partial charge in [-0.25, -0.2) is 0 Å². The average molecular weight is 329 g/mol. The van der Waals surface area contributed by atoms with Crippen molar-refractivity contribution in [2.75, 3.05) is 26.2 Å². The molecule has 0 bridgehead atoms. The van der Waals surface area contributed by atoms with Gasteiger partial charge >= 0.3 is 0 Å². The van der Waals surface area contributed by atoms with Crippen molar-refractivity contribution in [2.45, 2.75) is 91.3 Å². The van der Waals surface area contributed by atoms with Crippen molar-refractivity contribution in [3.63, 3.8) is 0 Å². The first-order chi connectivity index (χ1) is 10.9. The number of nitrogens with two attached hydrogens (primary N) is 1. The van der Waals surface area contributed by atoms with E-state index in [0.29, 0.717) is 12.1 Å². The lowest BCUT2D eigenvalue weighted by molar-refractivity contribution is 0.434. The van der Waals surface area contributed by atoms with Gasteiger partial charge in [-0.15, -0.1) is 0 Å². The Hall–Kier alpha value is -0.160. The van der Waals surface area contributed by atoms with E-state index in [1.54, 1.807) is 0 Å². The number of unbranched alkanes of at least 4 members (excludes halogenated alkanes) is 4. The molecule has 0 aromatic rings. The normalized spacial score (nSPS) is 15.8. The smallest absolute Gasteiger partial charge is 0.0164 e. The summed E-state index contributed by atoms with van der Waals surface area (Å²) in [5.41, 5.74) is 5.75. The molecule has 0 aromatic heterocycles. The molecule has 4 heteroatoms. The predicted molar refractivity (Wildman–Crippen MR) is 104 cm³/mol. The molecule has 0 aromatic carbocycles. The van der Waals surface area contributed by atoms with Crippen LogP contribution in [-0.4, -0.2) is 44.3 Å². The first-order valence-electron chi connectivity index (χ1n) is 9.84. The number of hydrogen-bond acceptors (Lipinski definition) is 4. The van der Waals surface area contributed by atoms with Crippen LogP contribution in [0.5, 0.6) is 0 Å². The van der Waals surface area contributed by atoms with Gasteiger partial charge in [-0.3, -0.25) is 0 Å². The monoisotopic (exact) mass is 328 g/mol. The Bertz CT molecular complexity index is 244. The molecule has 0 aliphatic rings. The Kier molecular flexibility index (Phi) is 15.3. The Morgan fingerprint density at radius 2 is 1.26 bits per heavy atom. The Morgan fingerprint density at radius 3 is 1.91 bits per heavy atom. The van der Waals surface area contributed by atoms with Gasteiger partial charge in [0, 0.05) is 37.8 Å². The summed E-state index contributed by atoms with van der Waals surface area (Å²) in [5, 5.41) is 10.6. The van der Waals surface area contributed by atoms with E-state index in [2.05, 4.69) is 43.6 Å². The van der Waals surface area contributed by atoms with Crippen LogP contribution in [0, 0.1) is 5.92 Å². The van der Waals surface area contributed by atoms with Crippen LogP contribution in [0.15, 0.2) is 0 Å². The fraction of sp³-hybridized carbons (Fsp3) is 1.00. The summed E-state index contributed by atoms with van der Waals surface area (Å²) < 4.78 is 0. The first-order valence-corrected chi connectivity index (χ1v) is 9.84. The van der Waals surface area contributed by atoms with Crippen molar-refractivity contribution in [2.24, 2.45) is 11.7 Å². The molecule has 0 fully saturated rings. The standard InChI is InChI=1S/C19H44N4/c1-16(2)11-9-7-6-8-10-12-21-14-18(4)23-15-19(5)22-13-17(3)20/h16-19,21-23H,6-15,20H2,1-5H3. The third-order valence-corrected chi connectivity index (χ3v) is 4.15. The van der Waals surface area contributed by atoms with Crippen molar-refractivity contribution >= 4 is 0 Å². The van der Waals surface area contributed by atoms with Crippen LogP contribution in [0.3, 0.4) is 0 Å². The van der Waals surface area contributed by atoms with Gasteiger partial charge in [0.25, 0.3) is 0 Å². The quantitative estimate of drug-likeness (QED) is 0.329. The third kappa shape index (κ3) is 18.0. The van der Waals surface area contributed by atoms with Crippen molar-refractivity contribution in [3.05, 3.63) is 0 Å². The molecule has 0 rings (SSSR count). The van der Waals surface area contributed by atoms with Crippen LogP contribution in [-0.2, 0) is 0 Å². The summed E-state index contributed by atoms with van der Waals surface area (Å²) in [6.07, 6.45) is 8.26. The Labute approximate surface area is 145 Å². The summed E-state index contributed by atoms with van der Waals surface area (Å²) in [6, 6.07) is 1.21. The number of rotatable bonds is 16. The molecule has 0 radical (unpaired) electrons. The van der Waals surface area contributed by atoms with E-state index in [0.717, 1.165) is 32.1 Å². The molecule has 3 unspecified atom stereocenters. The zero-order valence-corrected chi connectivity index (χ0v) is 16.5. The maximum absolute atomic E-state index is 5.75. The van der Waals surface area contributed by atoms with Gasteiger partial charge in [0.15, 0.2) is 0 Å². The molecule has 0 aliphatic heterocycles. The number of nitrogens with one attached hydrogen (secondary N) is 3. The molecule has 0 heterocycles. The van der Waals surface area contributed by atoms with Crippen LogP contribution in [0.4, 0.5) is 0 Å². The zero-order valence-electron chi connectivity index (χ0n) is 16.5. The summed E-state index contributed by atoms with van der Waals surface area (Å²) >= 11 is 0. The predicted octanol–water partition coefficient (Wildman–Crippen LogP) is 2.88. The third-order valence-electron chi connectivity index (χ3n) is 4.15. The van der Waals surface area contributed by atoms with E-state index in [4.69, 9.17) is 5.73 Å². The van der Waals surface area contributed by atoms with Crippen molar-refractivity contribution < 1.29 is 0 Å². The molecule has 23 heavy (non-hydrogen) atoms. The zero-order chi connectivity index (χ0) is 17.5. The molecular formula is C19H44N4. The highest BCUT2D eigenvalue weighted by Crippen LogP contribution is 2.10. The Morgan fingerprint density at radius 1 is 0.696 bits per heavy atom. The SMILES string of the molecule is CC(C)CCCCCCCNCC(C)NCC(C)NCC(C)N. The van der Waals surface area contributed by atoms with Gasteiger partial charge in [-0.05, 0) is 39.7 Å². The van der Waals surface area contributed by atoms with Gasteiger partial charge < -0.3 is 21.7 Å². The van der Waals surface area contributed by atoms with Gasteiger partial charge in [0.1, 0.15) is 0 Å². The van der Waals surface area contributed by atoms with Crippen LogP contribution in [0.2, 0.25) is 0 Å². The second-order valence-corrected chi connectivity index (χ2v) is 7.75. The molecule has 4 nitrogen and oxygen atoms in total. The lowest BCUT2D eigenvalue weighted by atomic mass is 10.0. The lowest BCUT2D eigenvalue weighted by Gasteiger charge is -2.20. The number of hydrogen-bond donors (Lipinski definition) is 4. The van der Waals surface area contributed by atoms with Crippen LogP contribution in [0.25, 0.3) is 0 Å². The molecule has 0 saturated heterocycles. The van der Waals surface area contributed by atoms with E-state index in [1.807, 2.05) is 6.92 Å². The molecule has 5 N–H and O–H groups in total. The van der Waals surface area contributed by atoms with Gasteiger partial charge in [-0.2, -0.15) is 0 Å².